The monoisotopic (exact) mass is 376 g/mol. The summed E-state index contributed by atoms with van der Waals surface area (Å²) >= 11 is 0. The van der Waals surface area contributed by atoms with Crippen molar-refractivity contribution in [2.24, 2.45) is 17.8 Å². The van der Waals surface area contributed by atoms with Crippen LogP contribution in [0.25, 0.3) is 0 Å². The van der Waals surface area contributed by atoms with E-state index < -0.39 is 0 Å². The van der Waals surface area contributed by atoms with E-state index in [1.807, 2.05) is 32.0 Å². The van der Waals surface area contributed by atoms with Gasteiger partial charge in [0.1, 0.15) is 0 Å². The summed E-state index contributed by atoms with van der Waals surface area (Å²) in [4.78, 5) is 27.3. The molecule has 2 rings (SSSR count). The smallest absolute Gasteiger partial charge is 0.225 e. The number of amides is 2. The third kappa shape index (κ3) is 4.73. The largest absolute Gasteiger partial charge is 0.493 e. The maximum atomic E-state index is 12.9. The van der Waals surface area contributed by atoms with Crippen LogP contribution in [-0.2, 0) is 9.59 Å². The Morgan fingerprint density at radius 1 is 1.15 bits per heavy atom. The van der Waals surface area contributed by atoms with E-state index in [1.54, 1.807) is 19.1 Å². The molecule has 0 radical (unpaired) electrons. The number of benzene rings is 1. The Hall–Kier alpha value is -2.24. The molecule has 0 bridgehead atoms. The summed E-state index contributed by atoms with van der Waals surface area (Å²) in [5.41, 5.74) is 0.903. The first-order valence-corrected chi connectivity index (χ1v) is 9.57. The van der Waals surface area contributed by atoms with E-state index in [2.05, 4.69) is 19.2 Å². The van der Waals surface area contributed by atoms with Gasteiger partial charge in [-0.3, -0.25) is 9.59 Å². The molecule has 0 aromatic heterocycles. The van der Waals surface area contributed by atoms with Crippen molar-refractivity contribution < 1.29 is 19.1 Å². The number of carbonyl (C=O) groups is 2. The first-order chi connectivity index (χ1) is 12.8. The summed E-state index contributed by atoms with van der Waals surface area (Å²) in [5.74, 6) is 1.13. The van der Waals surface area contributed by atoms with Crippen molar-refractivity contribution in [1.82, 2.24) is 10.2 Å². The summed E-state index contributed by atoms with van der Waals surface area (Å²) in [6.07, 6.45) is 0. The van der Waals surface area contributed by atoms with Crippen LogP contribution >= 0.6 is 0 Å². The molecule has 0 unspecified atom stereocenters. The molecule has 1 aliphatic rings. The molecular weight excluding hydrogens is 344 g/mol. The van der Waals surface area contributed by atoms with Crippen LogP contribution in [0.1, 0.15) is 39.2 Å². The molecule has 2 atom stereocenters. The standard InChI is InChI=1S/C21H32N2O4/c1-13(2)10-22-20(24)17-12-23(21(25)14(3)4)11-16(17)15-8-7-9-18(26-5)19(15)27-6/h7-9,13-14,16-17H,10-12H2,1-6H3,(H,22,24)/t16-,17-/m0/s1. The van der Waals surface area contributed by atoms with E-state index in [1.165, 1.54) is 0 Å². The highest BCUT2D eigenvalue weighted by atomic mass is 16.5. The highest BCUT2D eigenvalue weighted by Gasteiger charge is 2.42. The van der Waals surface area contributed by atoms with E-state index in [0.29, 0.717) is 37.1 Å². The number of ether oxygens (including phenoxy) is 2. The van der Waals surface area contributed by atoms with E-state index in [0.717, 1.165) is 5.56 Å². The van der Waals surface area contributed by atoms with Gasteiger partial charge in [-0.15, -0.1) is 0 Å². The number of methoxy groups -OCH3 is 2. The lowest BCUT2D eigenvalue weighted by Crippen LogP contribution is -2.37. The Labute approximate surface area is 162 Å². The van der Waals surface area contributed by atoms with Gasteiger partial charge in [-0.2, -0.15) is 0 Å². The summed E-state index contributed by atoms with van der Waals surface area (Å²) in [6.45, 7) is 9.44. The second-order valence-electron chi connectivity index (χ2n) is 7.83. The van der Waals surface area contributed by atoms with Crippen LogP contribution in [0.15, 0.2) is 18.2 Å². The molecule has 0 spiro atoms. The fraction of sp³-hybridized carbons (Fsp3) is 0.619. The van der Waals surface area contributed by atoms with Gasteiger partial charge in [0, 0.05) is 37.0 Å². The predicted octanol–water partition coefficient (Wildman–Crippen LogP) is 2.67. The molecular formula is C21H32N2O4. The molecule has 2 amide bonds. The molecule has 1 fully saturated rings. The number of nitrogens with one attached hydrogen (secondary N) is 1. The molecule has 1 saturated heterocycles. The van der Waals surface area contributed by atoms with Crippen LogP contribution in [0.4, 0.5) is 0 Å². The fourth-order valence-electron chi connectivity index (χ4n) is 3.57. The van der Waals surface area contributed by atoms with Crippen LogP contribution in [-0.4, -0.2) is 50.6 Å². The van der Waals surface area contributed by atoms with Crippen LogP contribution in [0.3, 0.4) is 0 Å². The first-order valence-electron chi connectivity index (χ1n) is 9.57. The minimum Gasteiger partial charge on any atom is -0.493 e. The summed E-state index contributed by atoms with van der Waals surface area (Å²) < 4.78 is 11.0. The Kier molecular flexibility index (Phi) is 7.11. The molecule has 1 N–H and O–H groups in total. The normalized spacial score (nSPS) is 19.5. The lowest BCUT2D eigenvalue weighted by atomic mass is 9.87. The molecule has 1 aromatic carbocycles. The predicted molar refractivity (Wildman–Crippen MR) is 105 cm³/mol. The Morgan fingerprint density at radius 3 is 2.41 bits per heavy atom. The quantitative estimate of drug-likeness (QED) is 0.794. The van der Waals surface area contributed by atoms with Crippen molar-refractivity contribution >= 4 is 11.8 Å². The Morgan fingerprint density at radius 2 is 1.85 bits per heavy atom. The summed E-state index contributed by atoms with van der Waals surface area (Å²) in [6, 6.07) is 5.69. The number of hydrogen-bond acceptors (Lipinski definition) is 4. The topological polar surface area (TPSA) is 67.9 Å². The lowest BCUT2D eigenvalue weighted by molar-refractivity contribution is -0.133. The number of likely N-dealkylation sites (tertiary alicyclic amines) is 1. The Bertz CT molecular complexity index is 672. The van der Waals surface area contributed by atoms with Crippen LogP contribution < -0.4 is 14.8 Å². The van der Waals surface area contributed by atoms with Gasteiger partial charge in [0.2, 0.25) is 11.8 Å². The minimum atomic E-state index is -0.313. The third-order valence-electron chi connectivity index (χ3n) is 4.98. The van der Waals surface area contributed by atoms with E-state index >= 15 is 0 Å². The van der Waals surface area contributed by atoms with Gasteiger partial charge >= 0.3 is 0 Å². The van der Waals surface area contributed by atoms with Crippen molar-refractivity contribution in [2.45, 2.75) is 33.6 Å². The van der Waals surface area contributed by atoms with Crippen molar-refractivity contribution in [1.29, 1.82) is 0 Å². The van der Waals surface area contributed by atoms with Gasteiger partial charge < -0.3 is 19.7 Å². The first kappa shape index (κ1) is 21.1. The minimum absolute atomic E-state index is 0.0161. The summed E-state index contributed by atoms with van der Waals surface area (Å²) in [7, 11) is 3.19. The Balaban J connectivity index is 2.37. The third-order valence-corrected chi connectivity index (χ3v) is 4.98. The fourth-order valence-corrected chi connectivity index (χ4v) is 3.57. The number of carbonyl (C=O) groups excluding carboxylic acids is 2. The van der Waals surface area contributed by atoms with Crippen LogP contribution in [0, 0.1) is 17.8 Å². The SMILES string of the molecule is COc1cccc([C@@H]2CN(C(=O)C(C)C)C[C@@H]2C(=O)NCC(C)C)c1OC. The zero-order valence-corrected chi connectivity index (χ0v) is 17.2. The maximum Gasteiger partial charge on any atom is 0.225 e. The van der Waals surface area contributed by atoms with Gasteiger partial charge in [-0.25, -0.2) is 0 Å². The number of rotatable bonds is 7. The molecule has 27 heavy (non-hydrogen) atoms. The molecule has 1 aliphatic heterocycles. The number of hydrogen-bond donors (Lipinski definition) is 1. The van der Waals surface area contributed by atoms with E-state index in [4.69, 9.17) is 9.47 Å². The molecule has 1 heterocycles. The number of nitrogens with zero attached hydrogens (tertiary/aromatic N) is 1. The van der Waals surface area contributed by atoms with Crippen LogP contribution in [0.5, 0.6) is 11.5 Å². The maximum absolute atomic E-state index is 12.9. The van der Waals surface area contributed by atoms with E-state index in [9.17, 15) is 9.59 Å². The van der Waals surface area contributed by atoms with Gasteiger partial charge in [-0.05, 0) is 12.0 Å². The zero-order chi connectivity index (χ0) is 20.1. The second-order valence-corrected chi connectivity index (χ2v) is 7.83. The van der Waals surface area contributed by atoms with Gasteiger partial charge in [0.05, 0.1) is 20.1 Å². The molecule has 1 aromatic rings. The lowest BCUT2D eigenvalue weighted by Gasteiger charge is -2.22. The highest BCUT2D eigenvalue weighted by molar-refractivity contribution is 5.84. The van der Waals surface area contributed by atoms with E-state index in [-0.39, 0.29) is 29.6 Å². The van der Waals surface area contributed by atoms with Crippen molar-refractivity contribution in [3.05, 3.63) is 23.8 Å². The molecule has 0 saturated carbocycles. The molecule has 0 aliphatic carbocycles. The van der Waals surface area contributed by atoms with Crippen LogP contribution in [0.2, 0.25) is 0 Å². The zero-order valence-electron chi connectivity index (χ0n) is 17.2. The van der Waals surface area contributed by atoms with Crippen molar-refractivity contribution in [2.75, 3.05) is 33.9 Å². The average molecular weight is 376 g/mol. The van der Waals surface area contributed by atoms with Gasteiger partial charge in [0.15, 0.2) is 11.5 Å². The van der Waals surface area contributed by atoms with Gasteiger partial charge in [0.25, 0.3) is 0 Å². The van der Waals surface area contributed by atoms with Crippen molar-refractivity contribution in [3.8, 4) is 11.5 Å². The molecule has 150 valence electrons. The highest BCUT2D eigenvalue weighted by Crippen LogP contribution is 2.42. The number of para-hydroxylation sites is 1. The summed E-state index contributed by atoms with van der Waals surface area (Å²) in [5, 5.41) is 3.03. The molecule has 6 heteroatoms. The molecule has 6 nitrogen and oxygen atoms in total. The van der Waals surface area contributed by atoms with Gasteiger partial charge in [-0.1, -0.05) is 39.8 Å². The second kappa shape index (κ2) is 9.11. The van der Waals surface area contributed by atoms with Crippen molar-refractivity contribution in [3.63, 3.8) is 0 Å². The average Bonchev–Trinajstić information content (AvgIpc) is 3.09.